The van der Waals surface area contributed by atoms with E-state index in [1.54, 1.807) is 58.4 Å². The quantitative estimate of drug-likeness (QED) is 0.138. The van der Waals surface area contributed by atoms with Crippen molar-refractivity contribution < 1.29 is 46.6 Å². The number of allylic oxidation sites excluding steroid dienone is 1. The smallest absolute Gasteiger partial charge is 0.408 e. The van der Waals surface area contributed by atoms with Gasteiger partial charge in [0.05, 0.1) is 18.9 Å². The summed E-state index contributed by atoms with van der Waals surface area (Å²) < 4.78 is 44.8. The molecule has 0 radical (unpaired) electrons. The Morgan fingerprint density at radius 2 is 1.81 bits per heavy atom. The molecule has 1 aliphatic heterocycles. The van der Waals surface area contributed by atoms with Crippen LogP contribution in [0.5, 0.6) is 11.6 Å². The number of fused-ring (bicyclic) bond motifs is 1. The molecule has 3 N–H and O–H groups in total. The normalized spacial score (nSPS) is 22.1. The van der Waals surface area contributed by atoms with Gasteiger partial charge in [-0.25, -0.2) is 18.2 Å². The van der Waals surface area contributed by atoms with Crippen LogP contribution >= 0.6 is 0 Å². The molecule has 0 bridgehead atoms. The number of rotatable bonds is 16. The van der Waals surface area contributed by atoms with Gasteiger partial charge in [-0.1, -0.05) is 42.5 Å². The summed E-state index contributed by atoms with van der Waals surface area (Å²) in [6.45, 7) is 8.62. The number of ketones is 1. The zero-order valence-electron chi connectivity index (χ0n) is 32.9. The Labute approximate surface area is 337 Å². The van der Waals surface area contributed by atoms with Crippen molar-refractivity contribution >= 4 is 56.5 Å². The molecule has 4 amide bonds. The fraction of sp³-hybridized carbons (Fsp3) is 0.429. The van der Waals surface area contributed by atoms with Gasteiger partial charge in [0.1, 0.15) is 35.1 Å². The summed E-state index contributed by atoms with van der Waals surface area (Å²) in [5.41, 5.74) is -1.72. The Morgan fingerprint density at radius 3 is 2.47 bits per heavy atom. The van der Waals surface area contributed by atoms with Crippen LogP contribution in [0.4, 0.5) is 4.79 Å². The first-order chi connectivity index (χ1) is 27.5. The number of carbonyl (C=O) groups excluding carboxylic acids is 5. The number of nitrogens with zero attached hydrogens (tertiary/aromatic N) is 2. The maximum atomic E-state index is 14.6. The molecular formula is C42H49N5O10S. The van der Waals surface area contributed by atoms with Gasteiger partial charge in [-0.2, -0.15) is 0 Å². The number of nitrogens with one attached hydrogen (secondary N) is 3. The molecule has 3 fully saturated rings. The summed E-state index contributed by atoms with van der Waals surface area (Å²) in [5, 5.41) is 6.11. The number of sulfonamides is 1. The maximum absolute atomic E-state index is 14.6. The lowest BCUT2D eigenvalue weighted by atomic mass is 10.1. The van der Waals surface area contributed by atoms with Crippen LogP contribution in [0.3, 0.4) is 0 Å². The number of hydrogen-bond donors (Lipinski definition) is 3. The lowest BCUT2D eigenvalue weighted by Gasteiger charge is -2.30. The first-order valence-electron chi connectivity index (χ1n) is 19.2. The number of likely N-dealkylation sites (tertiary alicyclic amines) is 1. The minimum atomic E-state index is -3.94. The number of benzene rings is 2. The second-order valence-electron chi connectivity index (χ2n) is 15.8. The largest absolute Gasteiger partial charge is 0.497 e. The van der Waals surface area contributed by atoms with Gasteiger partial charge in [0.2, 0.25) is 27.7 Å². The highest BCUT2D eigenvalue weighted by molar-refractivity contribution is 7.91. The number of hydrogen-bond acceptors (Lipinski definition) is 11. The predicted molar refractivity (Wildman–Crippen MR) is 215 cm³/mol. The van der Waals surface area contributed by atoms with Crippen molar-refractivity contribution in [1.29, 1.82) is 0 Å². The molecule has 3 aliphatic rings. The molecule has 2 aromatic carbocycles. The summed E-state index contributed by atoms with van der Waals surface area (Å²) >= 11 is 0. The maximum Gasteiger partial charge on any atom is 0.408 e. The van der Waals surface area contributed by atoms with Crippen molar-refractivity contribution in [3.63, 3.8) is 0 Å². The van der Waals surface area contributed by atoms with Crippen molar-refractivity contribution in [2.75, 3.05) is 13.7 Å². The van der Waals surface area contributed by atoms with E-state index in [1.165, 1.54) is 17.1 Å². The number of pyridine rings is 1. The summed E-state index contributed by atoms with van der Waals surface area (Å²) in [7, 11) is -2.39. The Balaban J connectivity index is 1.28. The number of amides is 4. The Kier molecular flexibility index (Phi) is 12.3. The van der Waals surface area contributed by atoms with Crippen LogP contribution in [-0.2, 0) is 33.9 Å². The van der Waals surface area contributed by atoms with Crippen LogP contribution in [0.25, 0.3) is 16.8 Å². The van der Waals surface area contributed by atoms with Crippen LogP contribution in [0.2, 0.25) is 0 Å². The average Bonchev–Trinajstić information content (AvgIpc) is 4.11. The number of carbonyl (C=O) groups is 5. The third-order valence-corrected chi connectivity index (χ3v) is 12.1. The van der Waals surface area contributed by atoms with Crippen LogP contribution in [0.1, 0.15) is 64.9 Å². The summed E-state index contributed by atoms with van der Waals surface area (Å²) in [4.78, 5) is 74.4. The Morgan fingerprint density at radius 1 is 1.07 bits per heavy atom. The van der Waals surface area contributed by atoms with Gasteiger partial charge >= 0.3 is 6.09 Å². The third-order valence-electron chi connectivity index (χ3n) is 10.2. The zero-order chi connectivity index (χ0) is 41.8. The van der Waals surface area contributed by atoms with E-state index in [1.807, 2.05) is 36.4 Å². The molecule has 15 nitrogen and oxygen atoms in total. The molecule has 0 spiro atoms. The van der Waals surface area contributed by atoms with Gasteiger partial charge in [-0.3, -0.25) is 23.9 Å². The van der Waals surface area contributed by atoms with E-state index in [-0.39, 0.29) is 43.9 Å². The lowest BCUT2D eigenvalue weighted by molar-refractivity contribution is -0.141. The summed E-state index contributed by atoms with van der Waals surface area (Å²) in [5.74, 6) is -2.33. The molecule has 2 saturated carbocycles. The van der Waals surface area contributed by atoms with Gasteiger partial charge < -0.3 is 29.7 Å². The highest BCUT2D eigenvalue weighted by atomic mass is 32.2. The van der Waals surface area contributed by atoms with E-state index in [9.17, 15) is 32.4 Å². The van der Waals surface area contributed by atoms with Gasteiger partial charge in [-0.15, -0.1) is 6.58 Å². The SMILES string of the molecule is C=CC1CC1(NC(=O)C1CC(Oc2nccc3cc(OC)ccc23)CN1C(=O)C(CCC(=O)C=Cc1ccccc1)NC(=O)OC(C)(C)C)C(=O)NS(=O)(=O)C1CC1. The van der Waals surface area contributed by atoms with Crippen molar-refractivity contribution in [2.45, 2.75) is 93.9 Å². The predicted octanol–water partition coefficient (Wildman–Crippen LogP) is 4.22. The molecule has 1 saturated heterocycles. The average molecular weight is 816 g/mol. The van der Waals surface area contributed by atoms with Crippen molar-refractivity contribution in [1.82, 2.24) is 25.2 Å². The highest BCUT2D eigenvalue weighted by Gasteiger charge is 2.62. The summed E-state index contributed by atoms with van der Waals surface area (Å²) in [6, 6.07) is 13.8. The number of aromatic nitrogens is 1. The molecule has 2 aliphatic carbocycles. The van der Waals surface area contributed by atoms with Crippen molar-refractivity contribution in [2.24, 2.45) is 5.92 Å². The molecule has 308 valence electrons. The first kappa shape index (κ1) is 41.9. The minimum absolute atomic E-state index is 0.0550. The molecule has 5 unspecified atom stereocenters. The van der Waals surface area contributed by atoms with E-state index in [0.29, 0.717) is 24.0 Å². The molecule has 5 atom stereocenters. The number of methoxy groups -OCH3 is 1. The van der Waals surface area contributed by atoms with Crippen LogP contribution in [-0.4, -0.2) is 96.1 Å². The molecule has 3 aromatic rings. The van der Waals surface area contributed by atoms with Gasteiger partial charge in [0.15, 0.2) is 5.78 Å². The topological polar surface area (TPSA) is 199 Å². The second-order valence-corrected chi connectivity index (χ2v) is 17.8. The first-order valence-corrected chi connectivity index (χ1v) is 20.7. The minimum Gasteiger partial charge on any atom is -0.497 e. The van der Waals surface area contributed by atoms with E-state index >= 15 is 0 Å². The molecule has 58 heavy (non-hydrogen) atoms. The van der Waals surface area contributed by atoms with Crippen LogP contribution in [0, 0.1) is 5.92 Å². The van der Waals surface area contributed by atoms with Crippen molar-refractivity contribution in [3.8, 4) is 11.6 Å². The standard InChI is InChI=1S/C42H49N5O10S/c1-6-28-24-42(28,39(51)46-58(53,54)32-16-17-32)45-36(49)35-23-31(56-37-33-18-15-30(55-5)22-27(33)20-21-43-37)25-47(35)38(50)34(44-40(52)57-41(2,3)4)19-14-29(48)13-12-26-10-8-7-9-11-26/h6-13,15,18,20-22,28,31-32,34-35H,1,14,16-17,19,23-25H2,2-5H3,(H,44,52)(H,45,49)(H,46,51). The molecule has 2 heterocycles. The van der Waals surface area contributed by atoms with Gasteiger partial charge in [0.25, 0.3) is 5.91 Å². The monoisotopic (exact) mass is 815 g/mol. The second kappa shape index (κ2) is 17.0. The Bertz CT molecular complexity index is 2220. The number of ether oxygens (including phenoxy) is 3. The fourth-order valence-corrected chi connectivity index (χ4v) is 8.30. The molecule has 16 heteroatoms. The summed E-state index contributed by atoms with van der Waals surface area (Å²) in [6.07, 6.45) is 5.01. The highest BCUT2D eigenvalue weighted by Crippen LogP contribution is 2.45. The van der Waals surface area contributed by atoms with E-state index in [2.05, 4.69) is 26.9 Å². The molecule has 6 rings (SSSR count). The molecule has 1 aromatic heterocycles. The van der Waals surface area contributed by atoms with Crippen molar-refractivity contribution in [3.05, 3.63) is 85.1 Å². The third kappa shape index (κ3) is 10.0. The van der Waals surface area contributed by atoms with E-state index in [4.69, 9.17) is 14.2 Å². The number of alkyl carbamates (subject to hydrolysis) is 1. The molecular weight excluding hydrogens is 767 g/mol. The van der Waals surface area contributed by atoms with Crippen LogP contribution in [0.15, 0.2) is 79.5 Å². The van der Waals surface area contributed by atoms with E-state index < -0.39 is 74.3 Å². The zero-order valence-corrected chi connectivity index (χ0v) is 33.8. The fourth-order valence-electron chi connectivity index (χ4n) is 6.93. The van der Waals surface area contributed by atoms with Gasteiger partial charge in [0, 0.05) is 30.3 Å². The Hall–Kier alpha value is -5.77. The van der Waals surface area contributed by atoms with E-state index in [0.717, 1.165) is 10.9 Å². The van der Waals surface area contributed by atoms with Crippen LogP contribution < -0.4 is 24.8 Å². The van der Waals surface area contributed by atoms with Gasteiger partial charge in [-0.05, 0) is 87.7 Å². The lowest BCUT2D eigenvalue weighted by Crippen LogP contribution is -2.58.